The molecule has 5 heteroatoms. The van der Waals surface area contributed by atoms with Gasteiger partial charge in [-0.3, -0.25) is 9.69 Å². The molecule has 3 rings (SSSR count). The minimum atomic E-state index is -0.296. The molecule has 21 heavy (non-hydrogen) atoms. The Morgan fingerprint density at radius 3 is 2.81 bits per heavy atom. The molecule has 2 saturated heterocycles. The highest BCUT2D eigenvalue weighted by Gasteiger charge is 2.40. The monoisotopic (exact) mass is 308 g/mol. The molecule has 1 aromatic carbocycles. The number of nitrogens with zero attached hydrogens (tertiary/aromatic N) is 2. The van der Waals surface area contributed by atoms with Gasteiger partial charge in [0.2, 0.25) is 5.91 Å². The molecule has 2 heterocycles. The van der Waals surface area contributed by atoms with Crippen molar-refractivity contribution in [3.05, 3.63) is 29.3 Å². The molecular formula is C16H21ClN2O2. The molecule has 1 amide bonds. The van der Waals surface area contributed by atoms with Crippen LogP contribution in [0, 0.1) is 5.92 Å². The predicted molar refractivity (Wildman–Crippen MR) is 83.6 cm³/mol. The first-order valence-corrected chi connectivity index (χ1v) is 7.93. The number of likely N-dealkylation sites (tertiary alicyclic amines) is 1. The molecule has 0 spiro atoms. The van der Waals surface area contributed by atoms with Gasteiger partial charge in [-0.15, -0.1) is 0 Å². The topological polar surface area (TPSA) is 43.8 Å². The van der Waals surface area contributed by atoms with Crippen molar-refractivity contribution in [1.82, 2.24) is 4.90 Å². The lowest BCUT2D eigenvalue weighted by Gasteiger charge is -2.24. The van der Waals surface area contributed by atoms with Crippen LogP contribution in [0.3, 0.4) is 0 Å². The zero-order valence-corrected chi connectivity index (χ0v) is 13.0. The molecule has 0 aliphatic carbocycles. The Labute approximate surface area is 130 Å². The van der Waals surface area contributed by atoms with Gasteiger partial charge in [-0.1, -0.05) is 17.7 Å². The lowest BCUT2D eigenvalue weighted by Crippen LogP contribution is -2.41. The first kappa shape index (κ1) is 14.8. The zero-order chi connectivity index (χ0) is 15.0. The number of carbonyl (C=O) groups is 1. The van der Waals surface area contributed by atoms with Gasteiger partial charge < -0.3 is 10.0 Å². The summed E-state index contributed by atoms with van der Waals surface area (Å²) >= 11 is 6.01. The smallest absolute Gasteiger partial charge is 0.244 e. The van der Waals surface area contributed by atoms with Gasteiger partial charge in [0.05, 0.1) is 12.1 Å². The third kappa shape index (κ3) is 2.93. The molecule has 0 aromatic heterocycles. The van der Waals surface area contributed by atoms with Crippen molar-refractivity contribution in [3.63, 3.8) is 0 Å². The molecule has 1 N–H and O–H groups in total. The average Bonchev–Trinajstić information content (AvgIpc) is 3.05. The molecule has 4 nitrogen and oxygen atoms in total. The van der Waals surface area contributed by atoms with E-state index in [2.05, 4.69) is 4.90 Å². The highest BCUT2D eigenvalue weighted by Crippen LogP contribution is 2.30. The standard InChI is InChI=1S/C16H21ClN2O2/c1-11(20)12-5-7-18(10-12)15-6-8-19(16(15)21)14-4-2-3-13(17)9-14/h2-4,9,11-12,15,20H,5-8,10H2,1H3. The van der Waals surface area contributed by atoms with E-state index in [1.807, 2.05) is 36.1 Å². The number of aliphatic hydroxyl groups excluding tert-OH is 1. The van der Waals surface area contributed by atoms with Crippen molar-refractivity contribution >= 4 is 23.2 Å². The van der Waals surface area contributed by atoms with E-state index in [1.54, 1.807) is 0 Å². The summed E-state index contributed by atoms with van der Waals surface area (Å²) in [6.07, 6.45) is 1.52. The van der Waals surface area contributed by atoms with Gasteiger partial charge in [-0.25, -0.2) is 0 Å². The Bertz CT molecular complexity index is 535. The number of halogens is 1. The van der Waals surface area contributed by atoms with Gasteiger partial charge in [0.1, 0.15) is 0 Å². The maximum atomic E-state index is 12.7. The first-order chi connectivity index (χ1) is 10.1. The molecule has 0 radical (unpaired) electrons. The van der Waals surface area contributed by atoms with Crippen LogP contribution in [0.1, 0.15) is 19.8 Å². The van der Waals surface area contributed by atoms with E-state index in [0.29, 0.717) is 5.02 Å². The van der Waals surface area contributed by atoms with Crippen molar-refractivity contribution < 1.29 is 9.90 Å². The SMILES string of the molecule is CC(O)C1CCN(C2CCN(c3cccc(Cl)c3)C2=O)C1. The Balaban J connectivity index is 1.70. The minimum Gasteiger partial charge on any atom is -0.393 e. The fourth-order valence-electron chi connectivity index (χ4n) is 3.40. The number of hydrogen-bond donors (Lipinski definition) is 1. The van der Waals surface area contributed by atoms with E-state index >= 15 is 0 Å². The number of benzene rings is 1. The third-order valence-electron chi connectivity index (χ3n) is 4.68. The van der Waals surface area contributed by atoms with Crippen molar-refractivity contribution in [2.45, 2.75) is 31.9 Å². The van der Waals surface area contributed by atoms with Gasteiger partial charge in [0, 0.05) is 23.8 Å². The quantitative estimate of drug-likeness (QED) is 0.930. The maximum Gasteiger partial charge on any atom is 0.244 e. The number of amides is 1. The number of aliphatic hydroxyl groups is 1. The fraction of sp³-hybridized carbons (Fsp3) is 0.562. The van der Waals surface area contributed by atoms with Crippen LogP contribution < -0.4 is 4.90 Å². The van der Waals surface area contributed by atoms with E-state index < -0.39 is 0 Å². The fourth-order valence-corrected chi connectivity index (χ4v) is 3.58. The summed E-state index contributed by atoms with van der Waals surface area (Å²) < 4.78 is 0. The Hall–Kier alpha value is -1.10. The number of rotatable bonds is 3. The second-order valence-electron chi connectivity index (χ2n) is 6.06. The molecule has 2 aliphatic heterocycles. The molecule has 0 saturated carbocycles. The van der Waals surface area contributed by atoms with Gasteiger partial charge in [0.15, 0.2) is 0 Å². The van der Waals surface area contributed by atoms with E-state index in [4.69, 9.17) is 11.6 Å². The summed E-state index contributed by atoms with van der Waals surface area (Å²) in [5, 5.41) is 10.4. The van der Waals surface area contributed by atoms with Gasteiger partial charge in [0.25, 0.3) is 0 Å². The molecular weight excluding hydrogens is 288 g/mol. The van der Waals surface area contributed by atoms with Crippen LogP contribution in [0.25, 0.3) is 0 Å². The highest BCUT2D eigenvalue weighted by molar-refractivity contribution is 6.30. The summed E-state index contributed by atoms with van der Waals surface area (Å²) in [7, 11) is 0. The van der Waals surface area contributed by atoms with E-state index in [1.165, 1.54) is 0 Å². The average molecular weight is 309 g/mol. The third-order valence-corrected chi connectivity index (χ3v) is 4.91. The summed E-state index contributed by atoms with van der Waals surface area (Å²) in [4.78, 5) is 16.7. The Kier molecular flexibility index (Phi) is 4.20. The van der Waals surface area contributed by atoms with Crippen LogP contribution in [0.15, 0.2) is 24.3 Å². The second kappa shape index (κ2) is 5.95. The zero-order valence-electron chi connectivity index (χ0n) is 12.2. The van der Waals surface area contributed by atoms with Gasteiger partial charge in [-0.05, 0) is 50.4 Å². The Morgan fingerprint density at radius 2 is 2.14 bits per heavy atom. The molecule has 2 aliphatic rings. The number of carbonyl (C=O) groups excluding carboxylic acids is 1. The molecule has 2 fully saturated rings. The van der Waals surface area contributed by atoms with E-state index in [0.717, 1.165) is 38.2 Å². The molecule has 1 aromatic rings. The van der Waals surface area contributed by atoms with Crippen molar-refractivity contribution in [2.24, 2.45) is 5.92 Å². The minimum absolute atomic E-state index is 0.0484. The first-order valence-electron chi connectivity index (χ1n) is 7.55. The van der Waals surface area contributed by atoms with Crippen molar-refractivity contribution in [1.29, 1.82) is 0 Å². The van der Waals surface area contributed by atoms with Crippen LogP contribution in [0.4, 0.5) is 5.69 Å². The molecule has 0 bridgehead atoms. The van der Waals surface area contributed by atoms with Crippen LogP contribution in [0.5, 0.6) is 0 Å². The summed E-state index contributed by atoms with van der Waals surface area (Å²) in [5.74, 6) is 0.446. The normalized spacial score (nSPS) is 28.3. The molecule has 3 unspecified atom stereocenters. The Morgan fingerprint density at radius 1 is 1.33 bits per heavy atom. The van der Waals surface area contributed by atoms with Crippen LogP contribution in [-0.4, -0.2) is 47.7 Å². The molecule has 114 valence electrons. The van der Waals surface area contributed by atoms with Gasteiger partial charge >= 0.3 is 0 Å². The molecule has 3 atom stereocenters. The van der Waals surface area contributed by atoms with Gasteiger partial charge in [-0.2, -0.15) is 0 Å². The summed E-state index contributed by atoms with van der Waals surface area (Å²) in [5.41, 5.74) is 0.876. The number of hydrogen-bond acceptors (Lipinski definition) is 3. The largest absolute Gasteiger partial charge is 0.393 e. The number of anilines is 1. The van der Waals surface area contributed by atoms with E-state index in [-0.39, 0.29) is 24.0 Å². The van der Waals surface area contributed by atoms with Crippen molar-refractivity contribution in [3.8, 4) is 0 Å². The summed E-state index contributed by atoms with van der Waals surface area (Å²) in [6.45, 7) is 4.29. The predicted octanol–water partition coefficient (Wildman–Crippen LogP) is 2.15. The van der Waals surface area contributed by atoms with Crippen LogP contribution in [0.2, 0.25) is 5.02 Å². The summed E-state index contributed by atoms with van der Waals surface area (Å²) in [6, 6.07) is 7.40. The van der Waals surface area contributed by atoms with E-state index in [9.17, 15) is 9.90 Å². The lowest BCUT2D eigenvalue weighted by atomic mass is 10.0. The van der Waals surface area contributed by atoms with Crippen LogP contribution >= 0.6 is 11.6 Å². The highest BCUT2D eigenvalue weighted by atomic mass is 35.5. The maximum absolute atomic E-state index is 12.7. The van der Waals surface area contributed by atoms with Crippen LogP contribution in [-0.2, 0) is 4.79 Å². The van der Waals surface area contributed by atoms with Crippen molar-refractivity contribution in [2.75, 3.05) is 24.5 Å². The second-order valence-corrected chi connectivity index (χ2v) is 6.49. The lowest BCUT2D eigenvalue weighted by molar-refractivity contribution is -0.121.